The summed E-state index contributed by atoms with van der Waals surface area (Å²) in [5.74, 6) is 1.41. The molecule has 0 saturated carbocycles. The van der Waals surface area contributed by atoms with Gasteiger partial charge in [0.15, 0.2) is 5.16 Å². The predicted molar refractivity (Wildman–Crippen MR) is 127 cm³/mol. The van der Waals surface area contributed by atoms with E-state index in [-0.39, 0.29) is 17.8 Å². The van der Waals surface area contributed by atoms with Gasteiger partial charge in [0, 0.05) is 18.4 Å². The van der Waals surface area contributed by atoms with Gasteiger partial charge in [-0.3, -0.25) is 4.79 Å². The fourth-order valence-corrected chi connectivity index (χ4v) is 5.46. The number of thioether (sulfide) groups is 1. The van der Waals surface area contributed by atoms with E-state index in [1.54, 1.807) is 7.11 Å². The SMILES string of the molecule is COc1ccc2nc(SCC(=O)Nc3c(C#N)c4c(n3C[C@@H]3CCCO3)CCCC4)[nH]c2c1. The molecule has 2 aromatic heterocycles. The third kappa shape index (κ3) is 4.45. The van der Waals surface area contributed by atoms with Gasteiger partial charge < -0.3 is 24.3 Å². The van der Waals surface area contributed by atoms with Crippen LogP contribution in [0.4, 0.5) is 5.82 Å². The number of aromatic amines is 1. The van der Waals surface area contributed by atoms with Crippen LogP contribution in [0.25, 0.3) is 11.0 Å². The molecule has 0 bridgehead atoms. The van der Waals surface area contributed by atoms with Gasteiger partial charge in [0.05, 0.1) is 42.1 Å². The lowest BCUT2D eigenvalue weighted by molar-refractivity contribution is -0.113. The standard InChI is InChI=1S/C24H27N5O3S/c1-31-15-8-9-19-20(11-15)27-24(26-19)33-14-22(30)28-23-18(12-25)17-6-2-3-7-21(17)29(23)13-16-5-4-10-32-16/h8-9,11,16H,2-7,10,13-14H2,1H3,(H,26,27)(H,28,30)/t16-/m0/s1. The fourth-order valence-electron chi connectivity index (χ4n) is 4.78. The number of anilines is 1. The average molecular weight is 466 g/mol. The predicted octanol–water partition coefficient (Wildman–Crippen LogP) is 4.03. The van der Waals surface area contributed by atoms with Gasteiger partial charge in [-0.25, -0.2) is 4.98 Å². The Morgan fingerprint density at radius 3 is 3.06 bits per heavy atom. The lowest BCUT2D eigenvalue weighted by atomic mass is 9.95. The normalized spacial score (nSPS) is 17.6. The molecular weight excluding hydrogens is 438 g/mol. The number of ether oxygens (including phenoxy) is 2. The zero-order chi connectivity index (χ0) is 22.8. The van der Waals surface area contributed by atoms with Gasteiger partial charge in [0.1, 0.15) is 17.6 Å². The second kappa shape index (κ2) is 9.49. The number of fused-ring (bicyclic) bond motifs is 2. The molecule has 1 aliphatic heterocycles. The Morgan fingerprint density at radius 1 is 1.39 bits per heavy atom. The molecule has 5 rings (SSSR count). The van der Waals surface area contributed by atoms with E-state index in [0.717, 1.165) is 67.5 Å². The molecule has 1 aromatic carbocycles. The molecule has 8 nitrogen and oxygen atoms in total. The summed E-state index contributed by atoms with van der Waals surface area (Å²) in [7, 11) is 1.62. The Bertz CT molecular complexity index is 1220. The Labute approximate surface area is 196 Å². The minimum atomic E-state index is -0.155. The Hall–Kier alpha value is -2.96. The summed E-state index contributed by atoms with van der Waals surface area (Å²) in [4.78, 5) is 20.7. The number of nitrogens with one attached hydrogen (secondary N) is 2. The van der Waals surface area contributed by atoms with Gasteiger partial charge in [-0.2, -0.15) is 5.26 Å². The largest absolute Gasteiger partial charge is 0.497 e. The summed E-state index contributed by atoms with van der Waals surface area (Å²) in [6.45, 7) is 1.46. The number of nitrogens with zero attached hydrogens (tertiary/aromatic N) is 3. The van der Waals surface area contributed by atoms with Crippen molar-refractivity contribution < 1.29 is 14.3 Å². The Kier molecular flexibility index (Phi) is 6.29. The number of methoxy groups -OCH3 is 1. The second-order valence-electron chi connectivity index (χ2n) is 8.48. The first-order chi connectivity index (χ1) is 16.2. The number of nitriles is 1. The molecule has 2 aliphatic rings. The van der Waals surface area contributed by atoms with Gasteiger partial charge in [-0.1, -0.05) is 11.8 Å². The molecule has 1 atom stereocenters. The molecular formula is C24H27N5O3S. The molecule has 1 fully saturated rings. The fraction of sp³-hybridized carbons (Fsp3) is 0.458. The van der Waals surface area contributed by atoms with Gasteiger partial charge in [-0.15, -0.1) is 0 Å². The van der Waals surface area contributed by atoms with Crippen molar-refractivity contribution in [2.45, 2.75) is 56.3 Å². The summed E-state index contributed by atoms with van der Waals surface area (Å²) in [6, 6.07) is 7.99. The quantitative estimate of drug-likeness (QED) is 0.511. The highest BCUT2D eigenvalue weighted by atomic mass is 32.2. The van der Waals surface area contributed by atoms with E-state index < -0.39 is 0 Å². The van der Waals surface area contributed by atoms with Crippen molar-refractivity contribution in [2.75, 3.05) is 24.8 Å². The zero-order valence-electron chi connectivity index (χ0n) is 18.6. The van der Waals surface area contributed by atoms with Crippen molar-refractivity contribution in [3.8, 4) is 11.8 Å². The average Bonchev–Trinajstić information content (AvgIpc) is 3.56. The van der Waals surface area contributed by atoms with E-state index in [1.165, 1.54) is 17.5 Å². The number of carbonyl (C=O) groups is 1. The maximum atomic E-state index is 12.9. The van der Waals surface area contributed by atoms with Gasteiger partial charge in [-0.05, 0) is 56.2 Å². The van der Waals surface area contributed by atoms with Crippen LogP contribution in [0.1, 0.15) is 42.5 Å². The number of rotatable bonds is 7. The second-order valence-corrected chi connectivity index (χ2v) is 9.44. The molecule has 172 valence electrons. The molecule has 1 aliphatic carbocycles. The first kappa shape index (κ1) is 21.9. The molecule has 0 spiro atoms. The van der Waals surface area contributed by atoms with Crippen LogP contribution < -0.4 is 10.1 Å². The molecule has 0 unspecified atom stereocenters. The summed E-state index contributed by atoms with van der Waals surface area (Å²) < 4.78 is 13.3. The molecule has 1 amide bonds. The van der Waals surface area contributed by atoms with E-state index in [2.05, 4.69) is 25.9 Å². The minimum absolute atomic E-state index is 0.132. The van der Waals surface area contributed by atoms with Crippen molar-refractivity contribution in [1.82, 2.24) is 14.5 Å². The monoisotopic (exact) mass is 465 g/mol. The summed E-state index contributed by atoms with van der Waals surface area (Å²) in [6.07, 6.45) is 6.20. The van der Waals surface area contributed by atoms with Crippen molar-refractivity contribution in [3.05, 3.63) is 35.0 Å². The molecule has 33 heavy (non-hydrogen) atoms. The summed E-state index contributed by atoms with van der Waals surface area (Å²) in [5, 5.41) is 13.6. The lowest BCUT2D eigenvalue weighted by Crippen LogP contribution is -2.23. The van der Waals surface area contributed by atoms with Crippen molar-refractivity contribution in [2.24, 2.45) is 0 Å². The first-order valence-corrected chi connectivity index (χ1v) is 12.4. The van der Waals surface area contributed by atoms with Crippen LogP contribution in [0.3, 0.4) is 0 Å². The number of aromatic nitrogens is 3. The van der Waals surface area contributed by atoms with Crippen LogP contribution in [-0.2, 0) is 28.9 Å². The molecule has 0 radical (unpaired) electrons. The van der Waals surface area contributed by atoms with Crippen LogP contribution in [0.5, 0.6) is 5.75 Å². The van der Waals surface area contributed by atoms with Crippen LogP contribution in [0.15, 0.2) is 23.4 Å². The summed E-state index contributed by atoms with van der Waals surface area (Å²) >= 11 is 1.34. The molecule has 3 heterocycles. The number of H-pyrrole nitrogens is 1. The van der Waals surface area contributed by atoms with Gasteiger partial charge in [0.2, 0.25) is 5.91 Å². The Morgan fingerprint density at radius 2 is 2.27 bits per heavy atom. The highest BCUT2D eigenvalue weighted by molar-refractivity contribution is 7.99. The molecule has 3 aromatic rings. The number of amides is 1. The first-order valence-electron chi connectivity index (χ1n) is 11.4. The molecule has 1 saturated heterocycles. The van der Waals surface area contributed by atoms with E-state index >= 15 is 0 Å². The highest BCUT2D eigenvalue weighted by Crippen LogP contribution is 2.34. The number of hydrogen-bond donors (Lipinski definition) is 2. The molecule has 2 N–H and O–H groups in total. The Balaban J connectivity index is 1.34. The van der Waals surface area contributed by atoms with Crippen LogP contribution >= 0.6 is 11.8 Å². The third-order valence-corrected chi connectivity index (χ3v) is 7.23. The van der Waals surface area contributed by atoms with Crippen molar-refractivity contribution >= 4 is 34.5 Å². The number of benzene rings is 1. The topological polar surface area (TPSA) is 105 Å². The third-order valence-electron chi connectivity index (χ3n) is 6.36. The van der Waals surface area contributed by atoms with E-state index in [0.29, 0.717) is 23.1 Å². The van der Waals surface area contributed by atoms with E-state index in [9.17, 15) is 10.1 Å². The maximum Gasteiger partial charge on any atom is 0.235 e. The van der Waals surface area contributed by atoms with Crippen LogP contribution in [-0.4, -0.2) is 46.0 Å². The van der Waals surface area contributed by atoms with Crippen LogP contribution in [0, 0.1) is 11.3 Å². The van der Waals surface area contributed by atoms with E-state index in [4.69, 9.17) is 9.47 Å². The minimum Gasteiger partial charge on any atom is -0.497 e. The van der Waals surface area contributed by atoms with Gasteiger partial charge >= 0.3 is 0 Å². The lowest BCUT2D eigenvalue weighted by Gasteiger charge is -2.19. The highest BCUT2D eigenvalue weighted by Gasteiger charge is 2.28. The van der Waals surface area contributed by atoms with Crippen molar-refractivity contribution in [1.29, 1.82) is 5.26 Å². The van der Waals surface area contributed by atoms with Crippen LogP contribution in [0.2, 0.25) is 0 Å². The van der Waals surface area contributed by atoms with E-state index in [1.807, 2.05) is 18.2 Å². The number of carbonyl (C=O) groups excluding carboxylic acids is 1. The summed E-state index contributed by atoms with van der Waals surface area (Å²) in [5.41, 5.74) is 4.57. The number of imidazole rings is 1. The maximum absolute atomic E-state index is 12.9. The molecule has 9 heteroatoms. The zero-order valence-corrected chi connectivity index (χ0v) is 19.5. The number of hydrogen-bond acceptors (Lipinski definition) is 6. The van der Waals surface area contributed by atoms with Gasteiger partial charge in [0.25, 0.3) is 0 Å². The van der Waals surface area contributed by atoms with Crippen molar-refractivity contribution in [3.63, 3.8) is 0 Å². The smallest absolute Gasteiger partial charge is 0.235 e.